The molecule has 1 aromatic heterocycles. The van der Waals surface area contributed by atoms with Gasteiger partial charge in [0.2, 0.25) is 0 Å². The largest absolute Gasteiger partial charge is 0.456 e. The summed E-state index contributed by atoms with van der Waals surface area (Å²) >= 11 is 0. The molecule has 10 rings (SSSR count). The van der Waals surface area contributed by atoms with Crippen molar-refractivity contribution in [3.8, 4) is 33.4 Å². The van der Waals surface area contributed by atoms with Gasteiger partial charge in [-0.2, -0.15) is 0 Å². The third kappa shape index (κ3) is 5.83. The van der Waals surface area contributed by atoms with Gasteiger partial charge in [0.15, 0.2) is 0 Å². The van der Waals surface area contributed by atoms with E-state index >= 15 is 0 Å². The molecule has 1 heterocycles. The highest BCUT2D eigenvalue weighted by atomic mass is 16.3. The van der Waals surface area contributed by atoms with E-state index in [0.29, 0.717) is 0 Å². The molecular formula is C50H41B8NO. The molecule has 0 saturated carbocycles. The summed E-state index contributed by atoms with van der Waals surface area (Å²) in [7, 11) is 18.6. The van der Waals surface area contributed by atoms with Gasteiger partial charge in [0, 0.05) is 27.8 Å². The zero-order chi connectivity index (χ0) is 41.4. The van der Waals surface area contributed by atoms with Gasteiger partial charge in [0.1, 0.15) is 73.9 Å². The summed E-state index contributed by atoms with van der Waals surface area (Å²) in [6, 6.07) is 54.9. The van der Waals surface area contributed by atoms with Crippen molar-refractivity contribution in [2.24, 2.45) is 0 Å². The second-order valence-corrected chi connectivity index (χ2v) is 16.7. The molecule has 0 radical (unpaired) electrons. The van der Waals surface area contributed by atoms with E-state index in [4.69, 9.17) is 4.42 Å². The first-order chi connectivity index (χ1) is 29.1. The van der Waals surface area contributed by atoms with Gasteiger partial charge in [-0.15, -0.1) is 0 Å². The predicted molar refractivity (Wildman–Crippen MR) is 285 cm³/mol. The Kier molecular flexibility index (Phi) is 9.28. The van der Waals surface area contributed by atoms with Gasteiger partial charge in [-0.1, -0.05) is 171 Å². The Hall–Kier alpha value is -6.38. The number of hydrogen-bond donors (Lipinski definition) is 0. The van der Waals surface area contributed by atoms with E-state index in [1.807, 2.05) is 6.07 Å². The summed E-state index contributed by atoms with van der Waals surface area (Å²) in [5, 5.41) is 7.39. The smallest absolute Gasteiger partial charge is 0.141 e. The van der Waals surface area contributed by atoms with Crippen LogP contribution in [0.15, 0.2) is 156 Å². The van der Waals surface area contributed by atoms with Crippen LogP contribution in [-0.2, 0) is 0 Å². The van der Waals surface area contributed by atoms with Gasteiger partial charge in [0.25, 0.3) is 0 Å². The van der Waals surface area contributed by atoms with E-state index in [9.17, 15) is 0 Å². The maximum absolute atomic E-state index is 6.31. The van der Waals surface area contributed by atoms with Crippen LogP contribution >= 0.6 is 0 Å². The Balaban J connectivity index is 1.22. The van der Waals surface area contributed by atoms with Crippen LogP contribution in [0.2, 0.25) is 0 Å². The summed E-state index contributed by atoms with van der Waals surface area (Å²) < 4.78 is 6.31. The third-order valence-electron chi connectivity index (χ3n) is 13.6. The van der Waals surface area contributed by atoms with E-state index in [2.05, 4.69) is 213 Å². The second kappa shape index (κ2) is 14.7. The molecule has 0 bridgehead atoms. The zero-order valence-corrected chi connectivity index (χ0v) is 35.8. The second-order valence-electron chi connectivity index (χ2n) is 16.7. The van der Waals surface area contributed by atoms with Crippen molar-refractivity contribution in [1.82, 2.24) is 0 Å². The Morgan fingerprint density at radius 2 is 0.733 bits per heavy atom. The van der Waals surface area contributed by atoms with Gasteiger partial charge in [-0.25, -0.2) is 0 Å². The standard InChI is InChI=1S/C50H41B8NO/c51-41-39(33-18-7-12-26-10-1-3-14-30(26)33)42(52)46(56)49(45(41)55)59(29-24-22-28(23-25-29)32-17-9-21-37-38(32)35-16-5-6-20-36(35)60-37)50-47(57)43(53)40(44(54)48(50)58)34-19-8-13-27-11-2-4-15-31(27)34/h1-25H,51-58H2. The molecule has 10 aromatic rings. The van der Waals surface area contributed by atoms with Crippen molar-refractivity contribution in [2.75, 3.05) is 4.90 Å². The first-order valence-electron chi connectivity index (χ1n) is 21.1. The minimum absolute atomic E-state index is 0.909. The van der Waals surface area contributed by atoms with Crippen LogP contribution in [0.3, 0.4) is 0 Å². The molecular weight excluding hydrogens is 717 g/mol. The van der Waals surface area contributed by atoms with Crippen LogP contribution in [0, 0.1) is 0 Å². The Morgan fingerprint density at radius 3 is 1.25 bits per heavy atom. The highest BCUT2D eigenvalue weighted by Crippen LogP contribution is 2.39. The van der Waals surface area contributed by atoms with Gasteiger partial charge in [0.05, 0.1) is 0 Å². The molecule has 2 nitrogen and oxygen atoms in total. The molecule has 0 aliphatic carbocycles. The Bertz CT molecular complexity index is 3160. The van der Waals surface area contributed by atoms with Crippen molar-refractivity contribution in [3.63, 3.8) is 0 Å². The molecule has 10 heteroatoms. The highest BCUT2D eigenvalue weighted by molar-refractivity contribution is 6.65. The summed E-state index contributed by atoms with van der Waals surface area (Å²) in [6.45, 7) is 0. The number of anilines is 3. The van der Waals surface area contributed by atoms with Crippen molar-refractivity contribution in [2.45, 2.75) is 0 Å². The first kappa shape index (κ1) is 37.9. The van der Waals surface area contributed by atoms with E-state index in [0.717, 1.165) is 33.2 Å². The molecule has 0 spiro atoms. The average molecular weight is 758 g/mol. The van der Waals surface area contributed by atoms with E-state index in [-0.39, 0.29) is 0 Å². The maximum Gasteiger partial charge on any atom is 0.141 e. The molecule has 9 aromatic carbocycles. The predicted octanol–water partition coefficient (Wildman–Crippen LogP) is 0.430. The van der Waals surface area contributed by atoms with Gasteiger partial charge in [-0.05, 0) is 79.2 Å². The molecule has 0 N–H and O–H groups in total. The molecule has 0 aliphatic heterocycles. The molecule has 0 unspecified atom stereocenters. The number of rotatable bonds is 6. The molecule has 60 heavy (non-hydrogen) atoms. The fraction of sp³-hybridized carbons (Fsp3) is 0. The number of nitrogens with zero attached hydrogens (tertiary/aromatic N) is 1. The van der Waals surface area contributed by atoms with Crippen LogP contribution in [0.5, 0.6) is 0 Å². The van der Waals surface area contributed by atoms with Crippen molar-refractivity contribution in [3.05, 3.63) is 152 Å². The van der Waals surface area contributed by atoms with E-state index in [1.54, 1.807) is 0 Å². The third-order valence-corrected chi connectivity index (χ3v) is 13.6. The minimum atomic E-state index is 0.909. The number of para-hydroxylation sites is 1. The lowest BCUT2D eigenvalue weighted by molar-refractivity contribution is 0.669. The number of fused-ring (bicyclic) bond motifs is 5. The van der Waals surface area contributed by atoms with Crippen molar-refractivity contribution in [1.29, 1.82) is 0 Å². The Labute approximate surface area is 359 Å². The first-order valence-corrected chi connectivity index (χ1v) is 21.1. The van der Waals surface area contributed by atoms with Gasteiger partial charge in [-0.3, -0.25) is 0 Å². The van der Waals surface area contributed by atoms with Crippen molar-refractivity contribution < 1.29 is 4.42 Å². The van der Waals surface area contributed by atoms with Crippen LogP contribution in [0.1, 0.15) is 0 Å². The van der Waals surface area contributed by atoms with E-state index in [1.165, 1.54) is 104 Å². The monoisotopic (exact) mass is 759 g/mol. The fourth-order valence-corrected chi connectivity index (χ4v) is 10.1. The molecule has 0 saturated heterocycles. The quantitative estimate of drug-likeness (QED) is 0.229. The van der Waals surface area contributed by atoms with E-state index < -0.39 is 0 Å². The van der Waals surface area contributed by atoms with Crippen LogP contribution in [0.4, 0.5) is 17.1 Å². The van der Waals surface area contributed by atoms with Crippen LogP contribution in [0.25, 0.3) is 76.9 Å². The summed E-state index contributed by atoms with van der Waals surface area (Å²) in [5.41, 5.74) is 23.4. The lowest BCUT2D eigenvalue weighted by atomic mass is 9.62. The van der Waals surface area contributed by atoms with Crippen molar-refractivity contribution >= 4 is 167 Å². The van der Waals surface area contributed by atoms with Gasteiger partial charge >= 0.3 is 0 Å². The van der Waals surface area contributed by atoms with Crippen LogP contribution < -0.4 is 48.6 Å². The average Bonchev–Trinajstić information content (AvgIpc) is 3.67. The SMILES string of the molecule is Bc1c(B)c(N(c2ccc(-c3cccc4oc5ccccc5c34)cc2)c2c(B)c(B)c(-c3cccc4ccccc34)c(B)c2B)c(B)c(B)c1-c1cccc2ccccc12. The lowest BCUT2D eigenvalue weighted by Gasteiger charge is -2.36. The topological polar surface area (TPSA) is 16.4 Å². The number of benzene rings is 9. The summed E-state index contributed by atoms with van der Waals surface area (Å²) in [4.78, 5) is 2.58. The zero-order valence-electron chi connectivity index (χ0n) is 35.8. The molecule has 0 amide bonds. The maximum atomic E-state index is 6.31. The summed E-state index contributed by atoms with van der Waals surface area (Å²) in [5.74, 6) is 0. The molecule has 276 valence electrons. The Morgan fingerprint density at radius 1 is 0.333 bits per heavy atom. The number of furan rings is 1. The molecule has 0 fully saturated rings. The number of hydrogen-bond acceptors (Lipinski definition) is 2. The lowest BCUT2D eigenvalue weighted by Crippen LogP contribution is -2.50. The molecule has 0 aliphatic rings. The van der Waals surface area contributed by atoms with Crippen LogP contribution in [-0.4, -0.2) is 62.8 Å². The highest BCUT2D eigenvalue weighted by Gasteiger charge is 2.27. The molecule has 0 atom stereocenters. The normalized spacial score (nSPS) is 11.5. The fourth-order valence-electron chi connectivity index (χ4n) is 10.1. The van der Waals surface area contributed by atoms with Gasteiger partial charge < -0.3 is 9.32 Å². The summed E-state index contributed by atoms with van der Waals surface area (Å²) in [6.07, 6.45) is 0. The minimum Gasteiger partial charge on any atom is -0.456 e.